The van der Waals surface area contributed by atoms with Gasteiger partial charge in [-0.05, 0) is 12.1 Å². The molecule has 170 valence electrons. The van der Waals surface area contributed by atoms with Crippen molar-refractivity contribution in [1.29, 1.82) is 0 Å². The summed E-state index contributed by atoms with van der Waals surface area (Å²) >= 11 is 0. The number of amides is 1. The summed E-state index contributed by atoms with van der Waals surface area (Å²) < 4.78 is 68.0. The minimum Gasteiger partial charge on any atom is -0.493 e. The smallest absolute Gasteiger partial charge is 0.240 e. The number of hydrogen-bond donors (Lipinski definition) is 2. The fraction of sp³-hybridized carbons (Fsp3) is 0.588. The highest BCUT2D eigenvalue weighted by Crippen LogP contribution is 2.29. The molecular weight excluding hydrogens is 438 g/mol. The number of methoxy groups -OCH3 is 2. The number of morpholine rings is 1. The fourth-order valence-electron chi connectivity index (χ4n) is 2.73. The van der Waals surface area contributed by atoms with Gasteiger partial charge in [0.15, 0.2) is 11.5 Å². The Hall–Kier alpha value is -1.93. The molecule has 0 saturated carbocycles. The molecule has 1 aromatic carbocycles. The van der Waals surface area contributed by atoms with E-state index in [1.807, 2.05) is 0 Å². The lowest BCUT2D eigenvalue weighted by Crippen LogP contribution is -2.44. The summed E-state index contributed by atoms with van der Waals surface area (Å²) in [5.74, 6) is -0.0273. The van der Waals surface area contributed by atoms with Crippen LogP contribution in [0.3, 0.4) is 0 Å². The quantitative estimate of drug-likeness (QED) is 0.431. The minimum absolute atomic E-state index is 0.0304. The molecule has 0 radical (unpaired) electrons. The molecule has 1 aromatic rings. The van der Waals surface area contributed by atoms with Gasteiger partial charge in [0.25, 0.3) is 0 Å². The van der Waals surface area contributed by atoms with Crippen molar-refractivity contribution in [2.45, 2.75) is 11.3 Å². The molecule has 11 nitrogen and oxygen atoms in total. The van der Waals surface area contributed by atoms with E-state index in [2.05, 4.69) is 10.0 Å². The summed E-state index contributed by atoms with van der Waals surface area (Å²) in [4.78, 5) is 11.9. The van der Waals surface area contributed by atoms with Crippen LogP contribution in [0.1, 0.15) is 6.42 Å². The topological polar surface area (TPSA) is 140 Å². The second kappa shape index (κ2) is 10.9. The summed E-state index contributed by atoms with van der Waals surface area (Å²) in [5, 5.41) is 2.49. The lowest BCUT2D eigenvalue weighted by molar-refractivity contribution is -0.120. The number of nitrogens with zero attached hydrogens (tertiary/aromatic N) is 1. The van der Waals surface area contributed by atoms with Crippen molar-refractivity contribution in [1.82, 2.24) is 14.3 Å². The van der Waals surface area contributed by atoms with Gasteiger partial charge in [-0.3, -0.25) is 4.79 Å². The van der Waals surface area contributed by atoms with Crippen LogP contribution in [0.4, 0.5) is 0 Å². The van der Waals surface area contributed by atoms with Gasteiger partial charge >= 0.3 is 0 Å². The third kappa shape index (κ3) is 6.80. The highest BCUT2D eigenvalue weighted by Gasteiger charge is 2.24. The monoisotopic (exact) mass is 465 g/mol. The highest BCUT2D eigenvalue weighted by molar-refractivity contribution is 7.89. The molecule has 1 saturated heterocycles. The summed E-state index contributed by atoms with van der Waals surface area (Å²) in [5.41, 5.74) is 0. The van der Waals surface area contributed by atoms with Crippen molar-refractivity contribution in [3.8, 4) is 11.5 Å². The molecule has 0 aromatic heterocycles. The molecule has 1 aliphatic rings. The molecular formula is C17H27N3O8S2. The molecule has 0 spiro atoms. The third-order valence-electron chi connectivity index (χ3n) is 4.36. The number of rotatable bonds is 11. The van der Waals surface area contributed by atoms with Gasteiger partial charge in [-0.1, -0.05) is 0 Å². The molecule has 1 fully saturated rings. The van der Waals surface area contributed by atoms with Crippen LogP contribution in [0.15, 0.2) is 23.1 Å². The SMILES string of the molecule is COc1ccc(S(=O)(=O)NCCC(=O)NCCS(=O)(=O)N2CCOCC2)cc1OC. The Bertz CT molecular complexity index is 928. The molecule has 0 atom stereocenters. The average Bonchev–Trinajstić information content (AvgIpc) is 2.73. The molecule has 2 N–H and O–H groups in total. The Balaban J connectivity index is 1.78. The fourth-order valence-corrected chi connectivity index (χ4v) is 5.10. The van der Waals surface area contributed by atoms with Crippen LogP contribution in [0, 0.1) is 0 Å². The second-order valence-electron chi connectivity index (χ2n) is 6.34. The third-order valence-corrected chi connectivity index (χ3v) is 7.69. The normalized spacial score (nSPS) is 15.5. The highest BCUT2D eigenvalue weighted by atomic mass is 32.2. The summed E-state index contributed by atoms with van der Waals surface area (Å²) in [7, 11) is -4.48. The van der Waals surface area contributed by atoms with E-state index < -0.39 is 26.0 Å². The summed E-state index contributed by atoms with van der Waals surface area (Å²) in [6.07, 6.45) is -0.135. The molecule has 0 aliphatic carbocycles. The number of sulfonamides is 2. The van der Waals surface area contributed by atoms with Gasteiger partial charge < -0.3 is 19.5 Å². The van der Waals surface area contributed by atoms with Crippen LogP contribution in [-0.2, 0) is 29.6 Å². The number of carbonyl (C=O) groups excluding carboxylic acids is 1. The van der Waals surface area contributed by atoms with Crippen LogP contribution in [0.5, 0.6) is 11.5 Å². The van der Waals surface area contributed by atoms with E-state index in [4.69, 9.17) is 14.2 Å². The molecule has 0 unspecified atom stereocenters. The number of ether oxygens (including phenoxy) is 3. The first-order valence-corrected chi connectivity index (χ1v) is 12.3. The van der Waals surface area contributed by atoms with E-state index in [1.165, 1.54) is 36.7 Å². The van der Waals surface area contributed by atoms with E-state index in [0.717, 1.165) is 0 Å². The first-order valence-electron chi connectivity index (χ1n) is 9.23. The molecule has 13 heteroatoms. The van der Waals surface area contributed by atoms with E-state index in [1.54, 1.807) is 0 Å². The van der Waals surface area contributed by atoms with Gasteiger partial charge in [-0.15, -0.1) is 0 Å². The van der Waals surface area contributed by atoms with Crippen LogP contribution >= 0.6 is 0 Å². The van der Waals surface area contributed by atoms with Gasteiger partial charge in [-0.25, -0.2) is 21.6 Å². The van der Waals surface area contributed by atoms with Crippen molar-refractivity contribution in [3.63, 3.8) is 0 Å². The maximum Gasteiger partial charge on any atom is 0.240 e. The molecule has 1 amide bonds. The van der Waals surface area contributed by atoms with Crippen LogP contribution in [0.25, 0.3) is 0 Å². The van der Waals surface area contributed by atoms with Crippen LogP contribution in [0.2, 0.25) is 0 Å². The largest absolute Gasteiger partial charge is 0.493 e. The van der Waals surface area contributed by atoms with Gasteiger partial charge in [-0.2, -0.15) is 4.31 Å². The van der Waals surface area contributed by atoms with Crippen LogP contribution in [-0.4, -0.2) is 86.4 Å². The Morgan fingerprint density at radius 1 is 1.07 bits per heavy atom. The lowest BCUT2D eigenvalue weighted by Gasteiger charge is -2.26. The predicted octanol–water partition coefficient (Wildman–Crippen LogP) is -0.850. The van der Waals surface area contributed by atoms with Gasteiger partial charge in [0.1, 0.15) is 0 Å². The molecule has 1 heterocycles. The second-order valence-corrected chi connectivity index (χ2v) is 10.2. The Morgan fingerprint density at radius 3 is 2.37 bits per heavy atom. The first kappa shape index (κ1) is 24.3. The zero-order valence-electron chi connectivity index (χ0n) is 16.9. The zero-order valence-corrected chi connectivity index (χ0v) is 18.6. The van der Waals surface area contributed by atoms with Gasteiger partial charge in [0.05, 0.1) is 38.1 Å². The number of hydrogen-bond acceptors (Lipinski definition) is 8. The Kier molecular flexibility index (Phi) is 8.85. The van der Waals surface area contributed by atoms with E-state index in [-0.39, 0.29) is 35.9 Å². The Labute approximate surface area is 176 Å². The minimum atomic E-state index is -3.85. The van der Waals surface area contributed by atoms with E-state index in [9.17, 15) is 21.6 Å². The number of carbonyl (C=O) groups is 1. The molecule has 0 bridgehead atoms. The predicted molar refractivity (Wildman–Crippen MR) is 109 cm³/mol. The Morgan fingerprint density at radius 2 is 1.73 bits per heavy atom. The maximum atomic E-state index is 12.4. The lowest BCUT2D eigenvalue weighted by atomic mass is 10.3. The average molecular weight is 466 g/mol. The van der Waals surface area contributed by atoms with Crippen molar-refractivity contribution in [2.75, 3.05) is 59.4 Å². The van der Waals surface area contributed by atoms with E-state index in [0.29, 0.717) is 32.1 Å². The molecule has 30 heavy (non-hydrogen) atoms. The van der Waals surface area contributed by atoms with Crippen LogP contribution < -0.4 is 19.5 Å². The standard InChI is InChI=1S/C17H27N3O8S2/c1-26-15-4-3-14(13-16(15)27-2)30(24,25)19-6-5-17(21)18-7-12-29(22,23)20-8-10-28-11-9-20/h3-4,13,19H,5-12H2,1-2H3,(H,18,21). The molecule has 1 aliphatic heterocycles. The van der Waals surface area contributed by atoms with E-state index >= 15 is 0 Å². The van der Waals surface area contributed by atoms with Crippen molar-refractivity contribution >= 4 is 26.0 Å². The summed E-state index contributed by atoms with van der Waals surface area (Å²) in [6.45, 7) is 1.11. The number of benzene rings is 1. The maximum absolute atomic E-state index is 12.4. The first-order chi connectivity index (χ1) is 14.2. The van der Waals surface area contributed by atoms with Crippen molar-refractivity contribution in [3.05, 3.63) is 18.2 Å². The van der Waals surface area contributed by atoms with Gasteiger partial charge in [0, 0.05) is 38.7 Å². The van der Waals surface area contributed by atoms with Crippen molar-refractivity contribution < 1.29 is 35.8 Å². The number of nitrogens with one attached hydrogen (secondary N) is 2. The van der Waals surface area contributed by atoms with Gasteiger partial charge in [0.2, 0.25) is 26.0 Å². The van der Waals surface area contributed by atoms with Crippen molar-refractivity contribution in [2.24, 2.45) is 0 Å². The molecule has 2 rings (SSSR count). The summed E-state index contributed by atoms with van der Waals surface area (Å²) in [6, 6.07) is 4.15. The zero-order chi connectivity index (χ0) is 22.2.